The normalized spacial score (nSPS) is 11.8. The summed E-state index contributed by atoms with van der Waals surface area (Å²) in [5.41, 5.74) is 9.18. The van der Waals surface area contributed by atoms with Crippen molar-refractivity contribution in [3.63, 3.8) is 0 Å². The van der Waals surface area contributed by atoms with Crippen LogP contribution in [0.15, 0.2) is 164 Å². The Balaban J connectivity index is 0.954. The zero-order chi connectivity index (χ0) is 31.6. The zero-order valence-electron chi connectivity index (χ0n) is 25.9. The third-order valence-corrected chi connectivity index (χ3v) is 9.53. The number of aromatic nitrogens is 3. The van der Waals surface area contributed by atoms with Gasteiger partial charge in [-0.05, 0) is 99.0 Å². The first-order valence-corrected chi connectivity index (χ1v) is 16.3. The molecular weight excluding hydrogens is 583 g/mol. The Labute approximate surface area is 276 Å². The van der Waals surface area contributed by atoms with E-state index < -0.39 is 0 Å². The SMILES string of the molecule is c1ccc2cc3nc(-c4ccc5cc(-c6ccc7cc(-c8ccc9cc%10ccccc%10cc9n8)ccc7n6)ccc5c4)ccc3cc2c1. The van der Waals surface area contributed by atoms with E-state index in [1.165, 1.54) is 32.3 Å². The maximum absolute atomic E-state index is 5.06. The van der Waals surface area contributed by atoms with E-state index in [0.717, 1.165) is 66.5 Å². The topological polar surface area (TPSA) is 38.7 Å². The number of nitrogens with zero attached hydrogens (tertiary/aromatic N) is 3. The van der Waals surface area contributed by atoms with E-state index >= 15 is 0 Å². The molecule has 0 aliphatic carbocycles. The molecule has 222 valence electrons. The second-order valence-electron chi connectivity index (χ2n) is 12.6. The first-order valence-electron chi connectivity index (χ1n) is 16.3. The maximum atomic E-state index is 5.06. The predicted octanol–water partition coefficient (Wildman–Crippen LogP) is 11.8. The molecule has 10 rings (SSSR count). The highest BCUT2D eigenvalue weighted by Gasteiger charge is 2.09. The molecule has 0 radical (unpaired) electrons. The summed E-state index contributed by atoms with van der Waals surface area (Å²) in [4.78, 5) is 15.1. The van der Waals surface area contributed by atoms with Gasteiger partial charge in [0.2, 0.25) is 0 Å². The fraction of sp³-hybridized carbons (Fsp3) is 0. The van der Waals surface area contributed by atoms with Gasteiger partial charge >= 0.3 is 0 Å². The van der Waals surface area contributed by atoms with E-state index in [0.29, 0.717) is 0 Å². The van der Waals surface area contributed by atoms with Crippen LogP contribution < -0.4 is 0 Å². The Morgan fingerprint density at radius 3 is 1.04 bits per heavy atom. The average Bonchev–Trinajstić information content (AvgIpc) is 3.15. The van der Waals surface area contributed by atoms with Crippen molar-refractivity contribution < 1.29 is 0 Å². The van der Waals surface area contributed by atoms with Crippen LogP contribution in [0, 0.1) is 0 Å². The number of rotatable bonds is 3. The molecule has 10 aromatic rings. The molecule has 0 unspecified atom stereocenters. The zero-order valence-corrected chi connectivity index (χ0v) is 25.9. The molecule has 0 aliphatic rings. The highest BCUT2D eigenvalue weighted by molar-refractivity contribution is 5.99. The lowest BCUT2D eigenvalue weighted by Crippen LogP contribution is -1.89. The highest BCUT2D eigenvalue weighted by Crippen LogP contribution is 2.32. The van der Waals surface area contributed by atoms with Crippen molar-refractivity contribution in [2.75, 3.05) is 0 Å². The predicted molar refractivity (Wildman–Crippen MR) is 201 cm³/mol. The molecule has 0 fully saturated rings. The lowest BCUT2D eigenvalue weighted by atomic mass is 10.00. The third-order valence-electron chi connectivity index (χ3n) is 9.53. The summed E-state index contributed by atoms with van der Waals surface area (Å²) in [5.74, 6) is 0. The molecule has 0 spiro atoms. The number of benzene rings is 7. The first kappa shape index (κ1) is 26.7. The summed E-state index contributed by atoms with van der Waals surface area (Å²) in [6.07, 6.45) is 0. The summed E-state index contributed by atoms with van der Waals surface area (Å²) < 4.78 is 0. The van der Waals surface area contributed by atoms with Crippen LogP contribution in [0.5, 0.6) is 0 Å². The smallest absolute Gasteiger partial charge is 0.0715 e. The van der Waals surface area contributed by atoms with Crippen LogP contribution >= 0.6 is 0 Å². The van der Waals surface area contributed by atoms with Gasteiger partial charge in [-0.15, -0.1) is 0 Å². The van der Waals surface area contributed by atoms with E-state index in [1.807, 2.05) is 0 Å². The lowest BCUT2D eigenvalue weighted by molar-refractivity contribution is 1.38. The summed E-state index contributed by atoms with van der Waals surface area (Å²) >= 11 is 0. The maximum Gasteiger partial charge on any atom is 0.0715 e. The van der Waals surface area contributed by atoms with Crippen LogP contribution in [0.25, 0.3) is 98.8 Å². The van der Waals surface area contributed by atoms with Crippen molar-refractivity contribution in [1.29, 1.82) is 0 Å². The molecule has 0 amide bonds. The summed E-state index contributed by atoms with van der Waals surface area (Å²) in [6, 6.07) is 58.1. The van der Waals surface area contributed by atoms with Gasteiger partial charge in [0.05, 0.1) is 33.6 Å². The van der Waals surface area contributed by atoms with Gasteiger partial charge in [-0.2, -0.15) is 0 Å². The van der Waals surface area contributed by atoms with E-state index in [-0.39, 0.29) is 0 Å². The van der Waals surface area contributed by atoms with Crippen LogP contribution in [0.1, 0.15) is 0 Å². The van der Waals surface area contributed by atoms with Crippen LogP contribution in [0.3, 0.4) is 0 Å². The Morgan fingerprint density at radius 2 is 0.562 bits per heavy atom. The molecule has 3 heteroatoms. The van der Waals surface area contributed by atoms with Crippen molar-refractivity contribution in [2.45, 2.75) is 0 Å². The molecular formula is C45H27N3. The minimum absolute atomic E-state index is 0.959. The van der Waals surface area contributed by atoms with Gasteiger partial charge in [-0.25, -0.2) is 15.0 Å². The minimum Gasteiger partial charge on any atom is -0.248 e. The second-order valence-corrected chi connectivity index (χ2v) is 12.6. The van der Waals surface area contributed by atoms with Gasteiger partial charge in [-0.3, -0.25) is 0 Å². The monoisotopic (exact) mass is 609 g/mol. The third kappa shape index (κ3) is 4.56. The van der Waals surface area contributed by atoms with Gasteiger partial charge < -0.3 is 0 Å². The molecule has 48 heavy (non-hydrogen) atoms. The van der Waals surface area contributed by atoms with Gasteiger partial charge in [0.25, 0.3) is 0 Å². The fourth-order valence-electron chi connectivity index (χ4n) is 6.96. The van der Waals surface area contributed by atoms with Gasteiger partial charge in [0.15, 0.2) is 0 Å². The number of pyridine rings is 3. The van der Waals surface area contributed by atoms with Crippen molar-refractivity contribution in [2.24, 2.45) is 0 Å². The van der Waals surface area contributed by atoms with Gasteiger partial charge in [-0.1, -0.05) is 97.1 Å². The van der Waals surface area contributed by atoms with Crippen LogP contribution in [-0.4, -0.2) is 15.0 Å². The van der Waals surface area contributed by atoms with Crippen LogP contribution in [0.2, 0.25) is 0 Å². The molecule has 7 aromatic carbocycles. The van der Waals surface area contributed by atoms with Crippen molar-refractivity contribution in [3.8, 4) is 33.8 Å². The Bertz CT molecular complexity index is 2710. The Kier molecular flexibility index (Phi) is 5.87. The van der Waals surface area contributed by atoms with Crippen LogP contribution in [-0.2, 0) is 0 Å². The van der Waals surface area contributed by atoms with E-state index in [2.05, 4.69) is 164 Å². The highest BCUT2D eigenvalue weighted by atomic mass is 14.7. The molecule has 0 saturated heterocycles. The number of hydrogen-bond acceptors (Lipinski definition) is 3. The molecule has 3 heterocycles. The van der Waals surface area contributed by atoms with E-state index in [1.54, 1.807) is 0 Å². The standard InChI is InChI=1S/C45H27N3/c1-3-7-30-26-44-38(21-28(30)5-1)15-19-42(47-44)35-12-10-32-23-34(11-9-33(32)24-35)40-17-13-36-25-37(14-18-41(36)46-40)43-20-16-39-22-29-6-2-4-8-31(29)27-45(39)48-43/h1-27H. The van der Waals surface area contributed by atoms with Crippen molar-refractivity contribution in [1.82, 2.24) is 15.0 Å². The Morgan fingerprint density at radius 1 is 0.229 bits per heavy atom. The quantitative estimate of drug-likeness (QED) is 0.187. The molecule has 0 saturated carbocycles. The molecule has 0 atom stereocenters. The molecule has 3 aromatic heterocycles. The summed E-state index contributed by atoms with van der Waals surface area (Å²) in [5, 5.41) is 10.6. The average molecular weight is 610 g/mol. The molecule has 0 aliphatic heterocycles. The molecule has 0 bridgehead atoms. The second kappa shape index (κ2) is 10.5. The van der Waals surface area contributed by atoms with E-state index in [9.17, 15) is 0 Å². The van der Waals surface area contributed by atoms with E-state index in [4.69, 9.17) is 15.0 Å². The summed E-state index contributed by atoms with van der Waals surface area (Å²) in [6.45, 7) is 0. The lowest BCUT2D eigenvalue weighted by Gasteiger charge is -2.09. The van der Waals surface area contributed by atoms with Crippen LogP contribution in [0.4, 0.5) is 0 Å². The van der Waals surface area contributed by atoms with Gasteiger partial charge in [0.1, 0.15) is 0 Å². The van der Waals surface area contributed by atoms with Crippen molar-refractivity contribution in [3.05, 3.63) is 164 Å². The number of hydrogen-bond donors (Lipinski definition) is 0. The molecule has 3 nitrogen and oxygen atoms in total. The largest absolute Gasteiger partial charge is 0.248 e. The fourth-order valence-corrected chi connectivity index (χ4v) is 6.96. The van der Waals surface area contributed by atoms with Gasteiger partial charge in [0, 0.05) is 32.8 Å². The van der Waals surface area contributed by atoms with Crippen molar-refractivity contribution >= 4 is 65.0 Å². The molecule has 0 N–H and O–H groups in total. The first-order chi connectivity index (χ1) is 23.7. The Hall–Kier alpha value is -6.45. The number of fused-ring (bicyclic) bond motifs is 6. The minimum atomic E-state index is 0.959. The summed E-state index contributed by atoms with van der Waals surface area (Å²) in [7, 11) is 0.